The molecule has 14 heavy (non-hydrogen) atoms. The largest absolute Gasteiger partial charge is 0.309 e. The van der Waals surface area contributed by atoms with Gasteiger partial charge in [-0.3, -0.25) is 0 Å². The fraction of sp³-hybridized carbons (Fsp3) is 0.600. The zero-order valence-electron chi connectivity index (χ0n) is 8.73. The van der Waals surface area contributed by atoms with Crippen LogP contribution in [0.1, 0.15) is 25.5 Å². The Bertz CT molecular complexity index is 240. The van der Waals surface area contributed by atoms with E-state index in [9.17, 15) is 0 Å². The first-order valence-corrected chi connectivity index (χ1v) is 6.10. The van der Waals surface area contributed by atoms with Gasteiger partial charge in [0.25, 0.3) is 0 Å². The van der Waals surface area contributed by atoms with Crippen LogP contribution in [0.2, 0.25) is 0 Å². The molecule has 1 N–H and O–H groups in total. The highest BCUT2D eigenvalue weighted by atomic mass is 32.2. The van der Waals surface area contributed by atoms with Gasteiger partial charge in [-0.1, -0.05) is 13.8 Å². The Morgan fingerprint density at radius 1 is 1.36 bits per heavy atom. The standard InChI is InChI=1S/C10H17N3S/c1-3-13-10(7-14-4-2)9-5-11-8-12-6-9/h5-6,8,10,13H,3-4,7H2,1-2H3. The third-order valence-electron chi connectivity index (χ3n) is 1.92. The summed E-state index contributed by atoms with van der Waals surface area (Å²) in [7, 11) is 0. The van der Waals surface area contributed by atoms with E-state index in [2.05, 4.69) is 29.1 Å². The Morgan fingerprint density at radius 2 is 2.07 bits per heavy atom. The monoisotopic (exact) mass is 211 g/mol. The zero-order valence-corrected chi connectivity index (χ0v) is 9.55. The number of hydrogen-bond acceptors (Lipinski definition) is 4. The number of nitrogens with zero attached hydrogens (tertiary/aromatic N) is 2. The molecule has 0 saturated carbocycles. The summed E-state index contributed by atoms with van der Waals surface area (Å²) in [6.45, 7) is 5.27. The quantitative estimate of drug-likeness (QED) is 0.779. The maximum atomic E-state index is 4.04. The molecule has 3 nitrogen and oxygen atoms in total. The lowest BCUT2D eigenvalue weighted by molar-refractivity contribution is 0.601. The van der Waals surface area contributed by atoms with Crippen LogP contribution in [0, 0.1) is 0 Å². The van der Waals surface area contributed by atoms with Crippen molar-refractivity contribution in [1.82, 2.24) is 15.3 Å². The Kier molecular flexibility index (Phi) is 5.56. The number of nitrogens with one attached hydrogen (secondary N) is 1. The molecule has 0 spiro atoms. The van der Waals surface area contributed by atoms with Gasteiger partial charge in [-0.25, -0.2) is 9.97 Å². The van der Waals surface area contributed by atoms with E-state index >= 15 is 0 Å². The molecule has 0 saturated heterocycles. The Balaban J connectivity index is 2.58. The summed E-state index contributed by atoms with van der Waals surface area (Å²) in [6.07, 6.45) is 5.34. The van der Waals surface area contributed by atoms with E-state index < -0.39 is 0 Å². The van der Waals surface area contributed by atoms with E-state index in [4.69, 9.17) is 0 Å². The lowest BCUT2D eigenvalue weighted by atomic mass is 10.2. The third-order valence-corrected chi connectivity index (χ3v) is 2.90. The topological polar surface area (TPSA) is 37.8 Å². The second-order valence-electron chi connectivity index (χ2n) is 2.94. The molecule has 1 unspecified atom stereocenters. The molecule has 1 aromatic heterocycles. The summed E-state index contributed by atoms with van der Waals surface area (Å²) in [6, 6.07) is 0.381. The molecule has 0 aliphatic rings. The summed E-state index contributed by atoms with van der Waals surface area (Å²) < 4.78 is 0. The Hall–Kier alpha value is -0.610. The predicted molar refractivity (Wildman–Crippen MR) is 61.4 cm³/mol. The van der Waals surface area contributed by atoms with Crippen molar-refractivity contribution in [1.29, 1.82) is 0 Å². The van der Waals surface area contributed by atoms with Crippen molar-refractivity contribution in [3.8, 4) is 0 Å². The van der Waals surface area contributed by atoms with Crippen molar-refractivity contribution in [3.63, 3.8) is 0 Å². The summed E-state index contributed by atoms with van der Waals surface area (Å²) >= 11 is 1.93. The van der Waals surface area contributed by atoms with Crippen LogP contribution >= 0.6 is 11.8 Å². The van der Waals surface area contributed by atoms with Gasteiger partial charge in [0, 0.05) is 29.8 Å². The third kappa shape index (κ3) is 3.64. The summed E-state index contributed by atoms with van der Waals surface area (Å²) in [5.74, 6) is 2.23. The van der Waals surface area contributed by atoms with Gasteiger partial charge in [-0.2, -0.15) is 11.8 Å². The second-order valence-corrected chi connectivity index (χ2v) is 4.26. The molecule has 0 aromatic carbocycles. The van der Waals surface area contributed by atoms with E-state index in [-0.39, 0.29) is 0 Å². The molecule has 1 aromatic rings. The number of aromatic nitrogens is 2. The highest BCUT2D eigenvalue weighted by Crippen LogP contribution is 2.16. The van der Waals surface area contributed by atoms with E-state index in [0.29, 0.717) is 6.04 Å². The van der Waals surface area contributed by atoms with Gasteiger partial charge in [-0.05, 0) is 12.3 Å². The average Bonchev–Trinajstić information content (AvgIpc) is 2.25. The molecule has 4 heteroatoms. The molecule has 1 heterocycles. The highest BCUT2D eigenvalue weighted by molar-refractivity contribution is 7.99. The molecule has 78 valence electrons. The van der Waals surface area contributed by atoms with Gasteiger partial charge in [-0.15, -0.1) is 0 Å². The average molecular weight is 211 g/mol. The van der Waals surface area contributed by atoms with Crippen molar-refractivity contribution < 1.29 is 0 Å². The minimum absolute atomic E-state index is 0.381. The maximum Gasteiger partial charge on any atom is 0.115 e. The first-order chi connectivity index (χ1) is 6.88. The second kappa shape index (κ2) is 6.79. The molecule has 1 rings (SSSR count). The van der Waals surface area contributed by atoms with Crippen molar-refractivity contribution >= 4 is 11.8 Å². The summed E-state index contributed by atoms with van der Waals surface area (Å²) in [4.78, 5) is 8.07. The van der Waals surface area contributed by atoms with Crippen LogP contribution in [-0.4, -0.2) is 28.0 Å². The van der Waals surface area contributed by atoms with Crippen LogP contribution in [0.4, 0.5) is 0 Å². The van der Waals surface area contributed by atoms with Gasteiger partial charge in [0.05, 0.1) is 0 Å². The van der Waals surface area contributed by atoms with Crippen LogP contribution in [0.3, 0.4) is 0 Å². The van der Waals surface area contributed by atoms with Crippen LogP contribution < -0.4 is 5.32 Å². The molecule has 0 bridgehead atoms. The van der Waals surface area contributed by atoms with Gasteiger partial charge < -0.3 is 5.32 Å². The first kappa shape index (κ1) is 11.5. The number of hydrogen-bond donors (Lipinski definition) is 1. The molecule has 1 atom stereocenters. The Labute approximate surface area is 89.7 Å². The van der Waals surface area contributed by atoms with Crippen LogP contribution in [0.25, 0.3) is 0 Å². The minimum atomic E-state index is 0.381. The fourth-order valence-electron chi connectivity index (χ4n) is 1.25. The molecule has 0 aliphatic carbocycles. The molecule has 0 aliphatic heterocycles. The molecular weight excluding hydrogens is 194 g/mol. The van der Waals surface area contributed by atoms with Crippen LogP contribution in [0.15, 0.2) is 18.7 Å². The van der Waals surface area contributed by atoms with Crippen LogP contribution in [0.5, 0.6) is 0 Å². The van der Waals surface area contributed by atoms with Gasteiger partial charge in [0.15, 0.2) is 0 Å². The number of rotatable bonds is 6. The predicted octanol–water partition coefficient (Wildman–Crippen LogP) is 1.88. The van der Waals surface area contributed by atoms with Crippen molar-refractivity contribution in [2.75, 3.05) is 18.1 Å². The van der Waals surface area contributed by atoms with E-state index in [1.54, 1.807) is 6.33 Å². The fourth-order valence-corrected chi connectivity index (χ4v) is 2.03. The SMILES string of the molecule is CCNC(CSCC)c1cncnc1. The summed E-state index contributed by atoms with van der Waals surface area (Å²) in [5, 5.41) is 3.43. The van der Waals surface area contributed by atoms with Gasteiger partial charge in [0.1, 0.15) is 6.33 Å². The smallest absolute Gasteiger partial charge is 0.115 e. The van der Waals surface area contributed by atoms with Crippen molar-refractivity contribution in [2.45, 2.75) is 19.9 Å². The van der Waals surface area contributed by atoms with E-state index in [1.165, 1.54) is 5.56 Å². The number of thioether (sulfide) groups is 1. The van der Waals surface area contributed by atoms with Gasteiger partial charge in [0.2, 0.25) is 0 Å². The van der Waals surface area contributed by atoms with E-state index in [1.807, 2.05) is 24.2 Å². The Morgan fingerprint density at radius 3 is 2.64 bits per heavy atom. The lowest BCUT2D eigenvalue weighted by Gasteiger charge is -2.16. The highest BCUT2D eigenvalue weighted by Gasteiger charge is 2.09. The van der Waals surface area contributed by atoms with E-state index in [0.717, 1.165) is 18.1 Å². The van der Waals surface area contributed by atoms with Crippen LogP contribution in [-0.2, 0) is 0 Å². The molecule has 0 radical (unpaired) electrons. The molecular formula is C10H17N3S. The maximum absolute atomic E-state index is 4.04. The van der Waals surface area contributed by atoms with Crippen molar-refractivity contribution in [3.05, 3.63) is 24.3 Å². The minimum Gasteiger partial charge on any atom is -0.309 e. The molecule has 0 amide bonds. The zero-order chi connectivity index (χ0) is 10.2. The van der Waals surface area contributed by atoms with Crippen molar-refractivity contribution in [2.24, 2.45) is 0 Å². The summed E-state index contributed by atoms with van der Waals surface area (Å²) in [5.41, 5.74) is 1.18. The molecule has 0 fully saturated rings. The first-order valence-electron chi connectivity index (χ1n) is 4.94. The normalized spacial score (nSPS) is 12.7. The lowest BCUT2D eigenvalue weighted by Crippen LogP contribution is -2.23. The van der Waals surface area contributed by atoms with Gasteiger partial charge >= 0.3 is 0 Å².